The lowest BCUT2D eigenvalue weighted by atomic mass is 9.91. The minimum Gasteiger partial charge on any atom is -0.480 e. The van der Waals surface area contributed by atoms with E-state index in [9.17, 15) is 9.90 Å². The number of hydrogen-bond acceptors (Lipinski definition) is 4. The van der Waals surface area contributed by atoms with E-state index in [-0.39, 0.29) is 0 Å². The molecule has 114 valence electrons. The number of carbonyl (C=O) groups is 1. The molecule has 3 aliphatic rings. The molecule has 0 spiro atoms. The molecule has 1 saturated carbocycles. The fourth-order valence-electron chi connectivity index (χ4n) is 4.13. The molecule has 3 unspecified atom stereocenters. The number of aliphatic carboxylic acids is 1. The maximum absolute atomic E-state index is 11.8. The number of hydrogen-bond donors (Lipinski definition) is 2. The third-order valence-electron chi connectivity index (χ3n) is 5.62. The van der Waals surface area contributed by atoms with Gasteiger partial charge in [-0.15, -0.1) is 0 Å². The number of carboxylic acids is 1. The molecule has 0 radical (unpaired) electrons. The first-order valence-electron chi connectivity index (χ1n) is 7.97. The highest BCUT2D eigenvalue weighted by molar-refractivity contribution is 5.80. The molecule has 1 aliphatic carbocycles. The number of piperazine rings is 1. The van der Waals surface area contributed by atoms with Crippen molar-refractivity contribution in [2.45, 2.75) is 50.2 Å². The van der Waals surface area contributed by atoms with Gasteiger partial charge >= 0.3 is 5.97 Å². The predicted molar refractivity (Wildman–Crippen MR) is 77.8 cm³/mol. The van der Waals surface area contributed by atoms with E-state index in [2.05, 4.69) is 22.0 Å². The molecule has 5 nitrogen and oxygen atoms in total. The van der Waals surface area contributed by atoms with Gasteiger partial charge in [-0.1, -0.05) is 0 Å². The molecule has 3 rings (SSSR count). The van der Waals surface area contributed by atoms with Crippen molar-refractivity contribution in [3.63, 3.8) is 0 Å². The Bertz CT molecular complexity index is 385. The van der Waals surface area contributed by atoms with Gasteiger partial charge in [0.05, 0.1) is 0 Å². The van der Waals surface area contributed by atoms with Crippen LogP contribution in [0.25, 0.3) is 0 Å². The SMILES string of the molecule is CNC(CN1CC2CCCN2CC1C)(C(=O)O)C1CC1. The minimum atomic E-state index is -0.741. The third kappa shape index (κ3) is 2.36. The van der Waals surface area contributed by atoms with Gasteiger partial charge in [-0.3, -0.25) is 14.6 Å². The second-order valence-electron chi connectivity index (χ2n) is 6.87. The predicted octanol–water partition coefficient (Wildman–Crippen LogP) is 0.608. The maximum atomic E-state index is 11.8. The van der Waals surface area contributed by atoms with Gasteiger partial charge in [0, 0.05) is 31.7 Å². The average molecular weight is 281 g/mol. The minimum absolute atomic E-state index is 0.304. The number of rotatable bonds is 5. The highest BCUT2D eigenvalue weighted by Crippen LogP contribution is 2.41. The Morgan fingerprint density at radius 2 is 2.10 bits per heavy atom. The molecule has 5 heteroatoms. The van der Waals surface area contributed by atoms with E-state index in [1.165, 1.54) is 19.4 Å². The third-order valence-corrected chi connectivity index (χ3v) is 5.62. The summed E-state index contributed by atoms with van der Waals surface area (Å²) in [5, 5.41) is 12.9. The van der Waals surface area contributed by atoms with Crippen molar-refractivity contribution in [1.82, 2.24) is 15.1 Å². The largest absolute Gasteiger partial charge is 0.480 e. The van der Waals surface area contributed by atoms with Crippen molar-refractivity contribution in [3.8, 4) is 0 Å². The quantitative estimate of drug-likeness (QED) is 0.773. The molecule has 20 heavy (non-hydrogen) atoms. The van der Waals surface area contributed by atoms with Gasteiger partial charge in [0.25, 0.3) is 0 Å². The zero-order valence-corrected chi connectivity index (χ0v) is 12.6. The summed E-state index contributed by atoms with van der Waals surface area (Å²) in [5.41, 5.74) is -0.741. The van der Waals surface area contributed by atoms with Gasteiger partial charge in [0.1, 0.15) is 5.54 Å². The summed E-state index contributed by atoms with van der Waals surface area (Å²) in [5.74, 6) is -0.373. The van der Waals surface area contributed by atoms with E-state index in [1.54, 1.807) is 0 Å². The molecule has 2 aliphatic heterocycles. The number of carboxylic acid groups (broad SMARTS) is 1. The van der Waals surface area contributed by atoms with E-state index in [1.807, 2.05) is 7.05 Å². The van der Waals surface area contributed by atoms with Crippen LogP contribution < -0.4 is 5.32 Å². The Balaban J connectivity index is 1.73. The maximum Gasteiger partial charge on any atom is 0.325 e. The molecular formula is C15H27N3O2. The van der Waals surface area contributed by atoms with Crippen molar-refractivity contribution < 1.29 is 9.90 Å². The summed E-state index contributed by atoms with van der Waals surface area (Å²) in [6.07, 6.45) is 4.66. The first-order valence-corrected chi connectivity index (χ1v) is 7.97. The average Bonchev–Trinajstić information content (AvgIpc) is 3.16. The van der Waals surface area contributed by atoms with Crippen molar-refractivity contribution >= 4 is 5.97 Å². The van der Waals surface area contributed by atoms with Crippen LogP contribution in [-0.4, -0.2) is 71.7 Å². The summed E-state index contributed by atoms with van der Waals surface area (Å²) in [6, 6.07) is 1.10. The van der Waals surface area contributed by atoms with Crippen molar-refractivity contribution in [2.75, 3.05) is 33.2 Å². The van der Waals surface area contributed by atoms with Gasteiger partial charge in [0.2, 0.25) is 0 Å². The van der Waals surface area contributed by atoms with Gasteiger partial charge < -0.3 is 10.4 Å². The zero-order valence-electron chi connectivity index (χ0n) is 12.6. The molecular weight excluding hydrogens is 254 g/mol. The van der Waals surface area contributed by atoms with E-state index >= 15 is 0 Å². The summed E-state index contributed by atoms with van der Waals surface area (Å²) >= 11 is 0. The fraction of sp³-hybridized carbons (Fsp3) is 0.933. The molecule has 3 atom stereocenters. The molecule has 0 aromatic rings. The highest BCUT2D eigenvalue weighted by Gasteiger charge is 2.52. The Morgan fingerprint density at radius 3 is 2.70 bits per heavy atom. The van der Waals surface area contributed by atoms with E-state index in [4.69, 9.17) is 0 Å². The topological polar surface area (TPSA) is 55.8 Å². The monoisotopic (exact) mass is 281 g/mol. The van der Waals surface area contributed by atoms with Crippen LogP contribution in [0, 0.1) is 5.92 Å². The van der Waals surface area contributed by atoms with Gasteiger partial charge in [0.15, 0.2) is 0 Å². The molecule has 0 aromatic carbocycles. The molecule has 2 N–H and O–H groups in total. The second-order valence-corrected chi connectivity index (χ2v) is 6.87. The molecule has 2 saturated heterocycles. The Hall–Kier alpha value is -0.650. The van der Waals surface area contributed by atoms with Crippen LogP contribution in [0.3, 0.4) is 0 Å². The molecule has 0 aromatic heterocycles. The first-order chi connectivity index (χ1) is 9.56. The second kappa shape index (κ2) is 5.28. The molecule has 0 amide bonds. The number of fused-ring (bicyclic) bond motifs is 1. The summed E-state index contributed by atoms with van der Waals surface area (Å²) < 4.78 is 0. The Kier molecular flexibility index (Phi) is 3.77. The van der Waals surface area contributed by atoms with Crippen LogP contribution >= 0.6 is 0 Å². The number of nitrogens with one attached hydrogen (secondary N) is 1. The Morgan fingerprint density at radius 1 is 1.35 bits per heavy atom. The first kappa shape index (κ1) is 14.3. The molecule has 0 bridgehead atoms. The summed E-state index contributed by atoms with van der Waals surface area (Å²) in [4.78, 5) is 16.8. The lowest BCUT2D eigenvalue weighted by Crippen LogP contribution is -2.64. The van der Waals surface area contributed by atoms with Crippen LogP contribution in [-0.2, 0) is 4.79 Å². The number of nitrogens with zero attached hydrogens (tertiary/aromatic N) is 2. The molecule has 3 fully saturated rings. The van der Waals surface area contributed by atoms with E-state index < -0.39 is 11.5 Å². The smallest absolute Gasteiger partial charge is 0.325 e. The van der Waals surface area contributed by atoms with Crippen LogP contribution in [0.4, 0.5) is 0 Å². The van der Waals surface area contributed by atoms with Gasteiger partial charge in [-0.05, 0) is 52.1 Å². The van der Waals surface area contributed by atoms with Crippen molar-refractivity contribution in [1.29, 1.82) is 0 Å². The van der Waals surface area contributed by atoms with Crippen LogP contribution in [0.5, 0.6) is 0 Å². The van der Waals surface area contributed by atoms with E-state index in [0.717, 1.165) is 25.9 Å². The van der Waals surface area contributed by atoms with Crippen molar-refractivity contribution in [2.24, 2.45) is 5.92 Å². The van der Waals surface area contributed by atoms with Crippen molar-refractivity contribution in [3.05, 3.63) is 0 Å². The molecule has 2 heterocycles. The van der Waals surface area contributed by atoms with Crippen LogP contribution in [0.15, 0.2) is 0 Å². The van der Waals surface area contributed by atoms with Crippen LogP contribution in [0.1, 0.15) is 32.6 Å². The number of likely N-dealkylation sites (N-methyl/N-ethyl adjacent to an activating group) is 1. The van der Waals surface area contributed by atoms with E-state index in [0.29, 0.717) is 24.5 Å². The Labute approximate surface area is 121 Å². The standard InChI is InChI=1S/C15H27N3O2/c1-11-8-17-7-3-4-13(17)9-18(11)10-15(16-2,14(19)20)12-5-6-12/h11-13,16H,3-10H2,1-2H3,(H,19,20). The van der Waals surface area contributed by atoms with Crippen LogP contribution in [0.2, 0.25) is 0 Å². The summed E-state index contributed by atoms with van der Waals surface area (Å²) in [6.45, 7) is 6.24. The lowest BCUT2D eigenvalue weighted by Gasteiger charge is -2.45. The fourth-order valence-corrected chi connectivity index (χ4v) is 4.13. The van der Waals surface area contributed by atoms with Gasteiger partial charge in [-0.2, -0.15) is 0 Å². The highest BCUT2D eigenvalue weighted by atomic mass is 16.4. The van der Waals surface area contributed by atoms with Gasteiger partial charge in [-0.25, -0.2) is 0 Å². The normalized spacial score (nSPS) is 34.7. The summed E-state index contributed by atoms with van der Waals surface area (Å²) in [7, 11) is 1.81. The lowest BCUT2D eigenvalue weighted by molar-refractivity contribution is -0.147. The zero-order chi connectivity index (χ0) is 14.3.